The third-order valence-corrected chi connectivity index (χ3v) is 2.05. The van der Waals surface area contributed by atoms with E-state index in [1.165, 1.54) is 0 Å². The van der Waals surface area contributed by atoms with Gasteiger partial charge in [-0.05, 0) is 13.8 Å². The van der Waals surface area contributed by atoms with E-state index in [-0.39, 0.29) is 0 Å². The summed E-state index contributed by atoms with van der Waals surface area (Å²) in [6.45, 7) is 5.49. The average Bonchev–Trinajstić information content (AvgIpc) is 2.15. The first-order chi connectivity index (χ1) is 6.65. The lowest BCUT2D eigenvalue weighted by molar-refractivity contribution is 0.663. The molecule has 1 heterocycles. The summed E-state index contributed by atoms with van der Waals surface area (Å²) in [5.74, 6) is 0.676. The lowest BCUT2D eigenvalue weighted by Crippen LogP contribution is -2.36. The van der Waals surface area contributed by atoms with E-state index >= 15 is 0 Å². The predicted molar refractivity (Wildman–Crippen MR) is 58.6 cm³/mol. The molecule has 0 aliphatic rings. The summed E-state index contributed by atoms with van der Waals surface area (Å²) in [7, 11) is 0. The van der Waals surface area contributed by atoms with E-state index in [0.717, 1.165) is 6.54 Å². The van der Waals surface area contributed by atoms with Crippen LogP contribution in [0.5, 0.6) is 0 Å². The molecule has 0 spiro atoms. The second kappa shape index (κ2) is 5.12. The quantitative estimate of drug-likeness (QED) is 0.821. The number of nitrogens with two attached hydrogens (primary N) is 1. The fourth-order valence-electron chi connectivity index (χ4n) is 1.18. The highest BCUT2D eigenvalue weighted by molar-refractivity contribution is 6.30. The topological polar surface area (TPSA) is 55.0 Å². The Kier molecular flexibility index (Phi) is 4.10. The minimum atomic E-state index is 0.333. The largest absolute Gasteiger partial charge is 0.337 e. The molecule has 1 aromatic heterocycles. The molecule has 2 N–H and O–H groups in total. The molecule has 0 aliphatic carbocycles. The van der Waals surface area contributed by atoms with Gasteiger partial charge in [0.2, 0.25) is 5.95 Å². The van der Waals surface area contributed by atoms with Crippen LogP contribution in [0.4, 0.5) is 5.95 Å². The van der Waals surface area contributed by atoms with E-state index in [0.29, 0.717) is 23.6 Å². The Hall–Kier alpha value is -0.870. The minimum Gasteiger partial charge on any atom is -0.337 e. The second-order valence-electron chi connectivity index (χ2n) is 3.28. The summed E-state index contributed by atoms with van der Waals surface area (Å²) in [6.07, 6.45) is 3.19. The van der Waals surface area contributed by atoms with Crippen molar-refractivity contribution < 1.29 is 0 Å². The fourth-order valence-corrected chi connectivity index (χ4v) is 1.28. The molecule has 0 saturated carbocycles. The molecule has 5 heteroatoms. The van der Waals surface area contributed by atoms with Gasteiger partial charge in [-0.15, -0.1) is 0 Å². The Labute approximate surface area is 89.1 Å². The zero-order chi connectivity index (χ0) is 10.6. The number of halogens is 1. The van der Waals surface area contributed by atoms with Crippen molar-refractivity contribution in [2.45, 2.75) is 19.9 Å². The molecule has 0 atom stereocenters. The first-order valence-corrected chi connectivity index (χ1v) is 4.97. The van der Waals surface area contributed by atoms with Gasteiger partial charge in [-0.2, -0.15) is 0 Å². The summed E-state index contributed by atoms with van der Waals surface area (Å²) in [4.78, 5) is 10.3. The summed E-state index contributed by atoms with van der Waals surface area (Å²) in [5.41, 5.74) is 5.51. The fraction of sp³-hybridized carbons (Fsp3) is 0.556. The van der Waals surface area contributed by atoms with Crippen LogP contribution < -0.4 is 10.6 Å². The normalized spacial score (nSPS) is 10.6. The molecule has 0 fully saturated rings. The molecule has 0 saturated heterocycles. The molecule has 78 valence electrons. The van der Waals surface area contributed by atoms with Crippen molar-refractivity contribution in [3.8, 4) is 0 Å². The molecule has 4 nitrogen and oxygen atoms in total. The predicted octanol–water partition coefficient (Wildman–Crippen LogP) is 1.30. The molecule has 14 heavy (non-hydrogen) atoms. The first-order valence-electron chi connectivity index (χ1n) is 4.59. The van der Waals surface area contributed by atoms with Crippen LogP contribution >= 0.6 is 11.6 Å². The van der Waals surface area contributed by atoms with Crippen LogP contribution in [-0.4, -0.2) is 29.1 Å². The molecule has 0 amide bonds. The highest BCUT2D eigenvalue weighted by atomic mass is 35.5. The van der Waals surface area contributed by atoms with Gasteiger partial charge < -0.3 is 10.6 Å². The van der Waals surface area contributed by atoms with Gasteiger partial charge in [-0.1, -0.05) is 11.6 Å². The van der Waals surface area contributed by atoms with Gasteiger partial charge in [0.05, 0.1) is 17.4 Å². The Bertz CT molecular complexity index is 273. The number of hydrogen-bond acceptors (Lipinski definition) is 4. The highest BCUT2D eigenvalue weighted by Crippen LogP contribution is 2.12. The van der Waals surface area contributed by atoms with Gasteiger partial charge in [0.1, 0.15) is 0 Å². The molecule has 0 aliphatic heterocycles. The lowest BCUT2D eigenvalue weighted by Gasteiger charge is -2.25. The Morgan fingerprint density at radius 1 is 1.43 bits per heavy atom. The zero-order valence-corrected chi connectivity index (χ0v) is 9.20. The van der Waals surface area contributed by atoms with Crippen LogP contribution in [0.2, 0.25) is 5.02 Å². The van der Waals surface area contributed by atoms with Gasteiger partial charge in [-0.25, -0.2) is 9.97 Å². The van der Waals surface area contributed by atoms with Crippen molar-refractivity contribution in [3.63, 3.8) is 0 Å². The zero-order valence-electron chi connectivity index (χ0n) is 8.44. The maximum Gasteiger partial charge on any atom is 0.225 e. The summed E-state index contributed by atoms with van der Waals surface area (Å²) < 4.78 is 0. The lowest BCUT2D eigenvalue weighted by atomic mass is 10.3. The van der Waals surface area contributed by atoms with E-state index in [1.807, 2.05) is 4.90 Å². The third-order valence-electron chi connectivity index (χ3n) is 1.86. The molecular formula is C9H15ClN4. The molecule has 1 rings (SSSR count). The van der Waals surface area contributed by atoms with Gasteiger partial charge in [0.25, 0.3) is 0 Å². The van der Waals surface area contributed by atoms with Gasteiger partial charge in [-0.3, -0.25) is 0 Å². The van der Waals surface area contributed by atoms with E-state index in [1.54, 1.807) is 12.4 Å². The van der Waals surface area contributed by atoms with Crippen molar-refractivity contribution in [1.29, 1.82) is 0 Å². The SMILES string of the molecule is CC(C)N(CCN)c1ncc(Cl)cn1. The standard InChI is InChI=1S/C9H15ClN4/c1-7(2)14(4-3-11)9-12-5-8(10)6-13-9/h5-7H,3-4,11H2,1-2H3. The Morgan fingerprint density at radius 2 is 2.00 bits per heavy atom. The van der Waals surface area contributed by atoms with E-state index < -0.39 is 0 Å². The maximum absolute atomic E-state index is 5.70. The Balaban J connectivity index is 2.82. The number of aromatic nitrogens is 2. The smallest absolute Gasteiger partial charge is 0.225 e. The first kappa shape index (κ1) is 11.2. The van der Waals surface area contributed by atoms with E-state index in [9.17, 15) is 0 Å². The monoisotopic (exact) mass is 214 g/mol. The summed E-state index contributed by atoms with van der Waals surface area (Å²) >= 11 is 5.70. The van der Waals surface area contributed by atoms with Crippen molar-refractivity contribution in [1.82, 2.24) is 9.97 Å². The van der Waals surface area contributed by atoms with Crippen molar-refractivity contribution in [3.05, 3.63) is 17.4 Å². The van der Waals surface area contributed by atoms with Crippen LogP contribution in [0.1, 0.15) is 13.8 Å². The van der Waals surface area contributed by atoms with Gasteiger partial charge in [0.15, 0.2) is 0 Å². The number of nitrogens with zero attached hydrogens (tertiary/aromatic N) is 3. The highest BCUT2D eigenvalue weighted by Gasteiger charge is 2.11. The van der Waals surface area contributed by atoms with Crippen molar-refractivity contribution in [2.75, 3.05) is 18.0 Å². The van der Waals surface area contributed by atoms with Crippen LogP contribution in [0.15, 0.2) is 12.4 Å². The number of rotatable bonds is 4. The Morgan fingerprint density at radius 3 is 2.43 bits per heavy atom. The molecular weight excluding hydrogens is 200 g/mol. The van der Waals surface area contributed by atoms with Crippen LogP contribution in [-0.2, 0) is 0 Å². The summed E-state index contributed by atoms with van der Waals surface area (Å²) in [6, 6.07) is 0.333. The van der Waals surface area contributed by atoms with E-state index in [2.05, 4.69) is 23.8 Å². The number of hydrogen-bond donors (Lipinski definition) is 1. The minimum absolute atomic E-state index is 0.333. The molecule has 0 bridgehead atoms. The molecule has 0 aromatic carbocycles. The van der Waals surface area contributed by atoms with Crippen LogP contribution in [0.25, 0.3) is 0 Å². The molecule has 0 radical (unpaired) electrons. The molecule has 0 unspecified atom stereocenters. The second-order valence-corrected chi connectivity index (χ2v) is 3.71. The van der Waals surface area contributed by atoms with E-state index in [4.69, 9.17) is 17.3 Å². The summed E-state index contributed by atoms with van der Waals surface area (Å²) in [5, 5.41) is 0.546. The third kappa shape index (κ3) is 2.82. The van der Waals surface area contributed by atoms with Gasteiger partial charge >= 0.3 is 0 Å². The van der Waals surface area contributed by atoms with Crippen LogP contribution in [0, 0.1) is 0 Å². The molecule has 1 aromatic rings. The van der Waals surface area contributed by atoms with Crippen molar-refractivity contribution in [2.24, 2.45) is 5.73 Å². The number of anilines is 1. The average molecular weight is 215 g/mol. The van der Waals surface area contributed by atoms with Gasteiger partial charge in [0, 0.05) is 19.1 Å². The maximum atomic E-state index is 5.70. The van der Waals surface area contributed by atoms with Crippen molar-refractivity contribution >= 4 is 17.5 Å². The van der Waals surface area contributed by atoms with Crippen LogP contribution in [0.3, 0.4) is 0 Å².